The van der Waals surface area contributed by atoms with Crippen LogP contribution in [0.15, 0.2) is 42.5 Å². The summed E-state index contributed by atoms with van der Waals surface area (Å²) in [5.41, 5.74) is 0.380. The number of ether oxygens (including phenoxy) is 2. The first-order valence-electron chi connectivity index (χ1n) is 6.10. The first-order chi connectivity index (χ1) is 10.6. The highest BCUT2D eigenvalue weighted by Crippen LogP contribution is 2.17. The molecule has 0 N–H and O–H groups in total. The zero-order valence-corrected chi connectivity index (χ0v) is 11.5. The van der Waals surface area contributed by atoms with Gasteiger partial charge in [-0.15, -0.1) is 10.2 Å². The zero-order chi connectivity index (χ0) is 15.9. The van der Waals surface area contributed by atoms with E-state index < -0.39 is 10.9 Å². The minimum absolute atomic E-state index is 0.0798. The standard InChI is InChI=1S/C14H11N3O5/c1-21-13-8-2-10(15-16-13)3-9-14(18)22-12-6-4-11(5-7-12)17(19)20/h2-9H,1H3. The van der Waals surface area contributed by atoms with Gasteiger partial charge in [0.2, 0.25) is 5.88 Å². The van der Waals surface area contributed by atoms with Crippen LogP contribution in [0.1, 0.15) is 5.69 Å². The maximum atomic E-state index is 11.6. The van der Waals surface area contributed by atoms with Gasteiger partial charge in [-0.3, -0.25) is 10.1 Å². The van der Waals surface area contributed by atoms with Crippen molar-refractivity contribution in [2.45, 2.75) is 0 Å². The number of hydrogen-bond acceptors (Lipinski definition) is 7. The van der Waals surface area contributed by atoms with E-state index in [1.165, 1.54) is 43.5 Å². The Bertz CT molecular complexity index is 695. The van der Waals surface area contributed by atoms with E-state index in [4.69, 9.17) is 9.47 Å². The molecular weight excluding hydrogens is 290 g/mol. The zero-order valence-electron chi connectivity index (χ0n) is 11.5. The molecule has 2 rings (SSSR count). The molecule has 0 aliphatic rings. The van der Waals surface area contributed by atoms with Crippen molar-refractivity contribution in [3.63, 3.8) is 0 Å². The van der Waals surface area contributed by atoms with Crippen LogP contribution in [-0.4, -0.2) is 28.2 Å². The Hall–Kier alpha value is -3.29. The van der Waals surface area contributed by atoms with Gasteiger partial charge >= 0.3 is 5.97 Å². The second-order valence-electron chi connectivity index (χ2n) is 4.01. The minimum atomic E-state index is -0.633. The number of nitrogens with zero attached hydrogens (tertiary/aromatic N) is 3. The highest BCUT2D eigenvalue weighted by atomic mass is 16.6. The molecule has 0 fully saturated rings. The molecule has 2 aromatic rings. The van der Waals surface area contributed by atoms with Crippen molar-refractivity contribution in [2.75, 3.05) is 7.11 Å². The Morgan fingerprint density at radius 3 is 2.45 bits per heavy atom. The van der Waals surface area contributed by atoms with Crippen LogP contribution in [0.25, 0.3) is 6.08 Å². The van der Waals surface area contributed by atoms with Gasteiger partial charge in [0.1, 0.15) is 5.75 Å². The number of carbonyl (C=O) groups is 1. The van der Waals surface area contributed by atoms with Gasteiger partial charge in [0.15, 0.2) is 0 Å². The molecule has 0 bridgehead atoms. The number of rotatable bonds is 5. The molecular formula is C14H11N3O5. The van der Waals surface area contributed by atoms with Crippen LogP contribution in [0.3, 0.4) is 0 Å². The highest BCUT2D eigenvalue weighted by Gasteiger charge is 2.06. The summed E-state index contributed by atoms with van der Waals surface area (Å²) in [6, 6.07) is 8.42. The van der Waals surface area contributed by atoms with Crippen LogP contribution < -0.4 is 9.47 Å². The average Bonchev–Trinajstić information content (AvgIpc) is 2.54. The van der Waals surface area contributed by atoms with Gasteiger partial charge in [0.05, 0.1) is 17.7 Å². The smallest absolute Gasteiger partial charge is 0.336 e. The maximum absolute atomic E-state index is 11.6. The fourth-order valence-corrected chi connectivity index (χ4v) is 1.47. The fourth-order valence-electron chi connectivity index (χ4n) is 1.47. The van der Waals surface area contributed by atoms with Gasteiger partial charge in [-0.25, -0.2) is 4.79 Å². The van der Waals surface area contributed by atoms with E-state index in [-0.39, 0.29) is 11.4 Å². The lowest BCUT2D eigenvalue weighted by molar-refractivity contribution is -0.384. The Morgan fingerprint density at radius 2 is 1.91 bits per heavy atom. The Labute approximate surface area is 125 Å². The number of nitro benzene ring substituents is 1. The summed E-state index contributed by atoms with van der Waals surface area (Å²) < 4.78 is 9.86. The molecule has 0 saturated carbocycles. The monoisotopic (exact) mass is 301 g/mol. The summed E-state index contributed by atoms with van der Waals surface area (Å²) >= 11 is 0. The van der Waals surface area contributed by atoms with Gasteiger partial charge in [0, 0.05) is 24.3 Å². The van der Waals surface area contributed by atoms with Crippen LogP contribution in [0, 0.1) is 10.1 Å². The first-order valence-corrected chi connectivity index (χ1v) is 6.10. The third-order valence-corrected chi connectivity index (χ3v) is 2.53. The highest BCUT2D eigenvalue weighted by molar-refractivity contribution is 5.88. The van der Waals surface area contributed by atoms with Crippen LogP contribution in [-0.2, 0) is 4.79 Å². The third kappa shape index (κ3) is 4.10. The summed E-state index contributed by atoms with van der Waals surface area (Å²) in [5, 5.41) is 18.1. The molecule has 1 heterocycles. The predicted molar refractivity (Wildman–Crippen MR) is 76.3 cm³/mol. The number of aromatic nitrogens is 2. The van der Waals surface area contributed by atoms with Crippen molar-refractivity contribution in [3.05, 3.63) is 58.3 Å². The van der Waals surface area contributed by atoms with E-state index in [0.29, 0.717) is 11.6 Å². The van der Waals surface area contributed by atoms with Crippen LogP contribution >= 0.6 is 0 Å². The lowest BCUT2D eigenvalue weighted by Gasteiger charge is -2.00. The third-order valence-electron chi connectivity index (χ3n) is 2.53. The Kier molecular flexibility index (Phi) is 4.76. The second-order valence-corrected chi connectivity index (χ2v) is 4.01. The van der Waals surface area contributed by atoms with Gasteiger partial charge in [-0.05, 0) is 24.3 Å². The fraction of sp³-hybridized carbons (Fsp3) is 0.0714. The number of esters is 1. The van der Waals surface area contributed by atoms with E-state index in [0.717, 1.165) is 0 Å². The van der Waals surface area contributed by atoms with Crippen LogP contribution in [0.4, 0.5) is 5.69 Å². The van der Waals surface area contributed by atoms with Crippen molar-refractivity contribution in [1.82, 2.24) is 10.2 Å². The number of non-ortho nitro benzene ring substituents is 1. The second kappa shape index (κ2) is 6.93. The number of carbonyl (C=O) groups excluding carboxylic acids is 1. The van der Waals surface area contributed by atoms with Gasteiger partial charge in [-0.1, -0.05) is 0 Å². The number of hydrogen-bond donors (Lipinski definition) is 0. The molecule has 112 valence electrons. The van der Waals surface area contributed by atoms with Gasteiger partial charge in [0.25, 0.3) is 5.69 Å². The Balaban J connectivity index is 1.96. The molecule has 0 unspecified atom stereocenters. The Morgan fingerprint density at radius 1 is 1.18 bits per heavy atom. The van der Waals surface area contributed by atoms with E-state index in [2.05, 4.69) is 10.2 Å². The van der Waals surface area contributed by atoms with Crippen molar-refractivity contribution < 1.29 is 19.2 Å². The normalized spacial score (nSPS) is 10.4. The van der Waals surface area contributed by atoms with Crippen LogP contribution in [0.5, 0.6) is 11.6 Å². The van der Waals surface area contributed by atoms with E-state index in [1.54, 1.807) is 12.1 Å². The van der Waals surface area contributed by atoms with Crippen molar-refractivity contribution >= 4 is 17.7 Å². The average molecular weight is 301 g/mol. The minimum Gasteiger partial charge on any atom is -0.480 e. The summed E-state index contributed by atoms with van der Waals surface area (Å²) in [4.78, 5) is 21.6. The van der Waals surface area contributed by atoms with E-state index >= 15 is 0 Å². The van der Waals surface area contributed by atoms with Crippen molar-refractivity contribution in [3.8, 4) is 11.6 Å². The molecule has 0 amide bonds. The largest absolute Gasteiger partial charge is 0.480 e. The van der Waals surface area contributed by atoms with Gasteiger partial charge in [-0.2, -0.15) is 0 Å². The lowest BCUT2D eigenvalue weighted by atomic mass is 10.3. The molecule has 1 aromatic carbocycles. The van der Waals surface area contributed by atoms with E-state index in [1.807, 2.05) is 0 Å². The first kappa shape index (κ1) is 15.1. The molecule has 22 heavy (non-hydrogen) atoms. The molecule has 0 aliphatic heterocycles. The molecule has 0 spiro atoms. The van der Waals surface area contributed by atoms with Crippen LogP contribution in [0.2, 0.25) is 0 Å². The molecule has 0 saturated heterocycles. The van der Waals surface area contributed by atoms with Crippen molar-refractivity contribution in [1.29, 1.82) is 0 Å². The van der Waals surface area contributed by atoms with Crippen molar-refractivity contribution in [2.24, 2.45) is 0 Å². The number of nitro groups is 1. The summed E-state index contributed by atoms with van der Waals surface area (Å²) in [5.74, 6) is -0.0573. The maximum Gasteiger partial charge on any atom is 0.336 e. The molecule has 1 aromatic heterocycles. The molecule has 0 radical (unpaired) electrons. The van der Waals surface area contributed by atoms with E-state index in [9.17, 15) is 14.9 Å². The SMILES string of the molecule is COc1ccc(C=CC(=O)Oc2ccc([N+](=O)[O-])cc2)nn1. The predicted octanol–water partition coefficient (Wildman–Crippen LogP) is 2.01. The number of methoxy groups -OCH3 is 1. The number of benzene rings is 1. The summed E-state index contributed by atoms with van der Waals surface area (Å²) in [7, 11) is 1.47. The summed E-state index contributed by atoms with van der Waals surface area (Å²) in [6.07, 6.45) is 2.61. The molecule has 0 atom stereocenters. The lowest BCUT2D eigenvalue weighted by Crippen LogP contribution is -2.03. The molecule has 0 aliphatic carbocycles. The molecule has 8 nitrogen and oxygen atoms in total. The summed E-state index contributed by atoms with van der Waals surface area (Å²) in [6.45, 7) is 0. The van der Waals surface area contributed by atoms with Gasteiger partial charge < -0.3 is 9.47 Å². The quantitative estimate of drug-likeness (QED) is 0.273. The topological polar surface area (TPSA) is 104 Å². The molecule has 8 heteroatoms.